The van der Waals surface area contributed by atoms with Gasteiger partial charge in [0.2, 0.25) is 0 Å². The van der Waals surface area contributed by atoms with Crippen molar-refractivity contribution in [2.75, 3.05) is 11.9 Å². The van der Waals surface area contributed by atoms with E-state index in [4.69, 9.17) is 0 Å². The number of urea groups is 1. The molecule has 0 bridgehead atoms. The number of hydrogen-bond donors (Lipinski definition) is 1. The average molecular weight is 318 g/mol. The third-order valence-corrected chi connectivity index (χ3v) is 5.31. The van der Waals surface area contributed by atoms with Crippen LogP contribution in [0.2, 0.25) is 0 Å². The minimum absolute atomic E-state index is 0.00308. The predicted molar refractivity (Wildman–Crippen MR) is 81.1 cm³/mol. The summed E-state index contributed by atoms with van der Waals surface area (Å²) in [6.45, 7) is -0.0351. The summed E-state index contributed by atoms with van der Waals surface area (Å²) in [5, 5.41) is 9.52. The number of phenolic OH excluding ortho intramolecular Hbond substituents is 1. The molecule has 1 N–H and O–H groups in total. The number of benzene rings is 2. The highest BCUT2D eigenvalue weighted by atomic mass is 32.2. The number of carbonyl (C=O) groups excluding carboxylic acids is 1. The molecular formula is C15H14N2O4S. The highest BCUT2D eigenvalue weighted by Gasteiger charge is 2.40. The summed E-state index contributed by atoms with van der Waals surface area (Å²) in [7, 11) is -2.47. The quantitative estimate of drug-likeness (QED) is 0.920. The topological polar surface area (TPSA) is 77.9 Å². The first kappa shape index (κ1) is 14.4. The van der Waals surface area contributed by atoms with E-state index in [2.05, 4.69) is 0 Å². The van der Waals surface area contributed by atoms with Gasteiger partial charge in [0.05, 0.1) is 12.2 Å². The number of amides is 2. The summed E-state index contributed by atoms with van der Waals surface area (Å²) < 4.78 is 26.2. The predicted octanol–water partition coefficient (Wildman–Crippen LogP) is 2.15. The van der Waals surface area contributed by atoms with Crippen LogP contribution in [0.3, 0.4) is 0 Å². The van der Waals surface area contributed by atoms with E-state index < -0.39 is 16.1 Å². The Morgan fingerprint density at radius 2 is 1.77 bits per heavy atom. The van der Waals surface area contributed by atoms with Crippen LogP contribution in [0.1, 0.15) is 5.56 Å². The molecule has 22 heavy (non-hydrogen) atoms. The summed E-state index contributed by atoms with van der Waals surface area (Å²) >= 11 is 0. The Kier molecular flexibility index (Phi) is 3.29. The lowest BCUT2D eigenvalue weighted by atomic mass is 10.2. The molecule has 0 atom stereocenters. The molecule has 6 nitrogen and oxygen atoms in total. The zero-order chi connectivity index (χ0) is 15.9. The number of carbonyl (C=O) groups is 1. The zero-order valence-corrected chi connectivity index (χ0v) is 12.6. The third-order valence-electron chi connectivity index (χ3n) is 3.54. The highest BCUT2D eigenvalue weighted by molar-refractivity contribution is 7.90. The molecular weight excluding hydrogens is 304 g/mol. The largest absolute Gasteiger partial charge is 0.508 e. The Morgan fingerprint density at radius 1 is 1.09 bits per heavy atom. The van der Waals surface area contributed by atoms with Crippen molar-refractivity contribution in [1.82, 2.24) is 4.31 Å². The molecule has 0 unspecified atom stereocenters. The molecule has 114 valence electrons. The van der Waals surface area contributed by atoms with E-state index in [-0.39, 0.29) is 22.9 Å². The second kappa shape index (κ2) is 5.03. The van der Waals surface area contributed by atoms with Gasteiger partial charge in [-0.1, -0.05) is 30.3 Å². The first-order chi connectivity index (χ1) is 10.4. The lowest BCUT2D eigenvalue weighted by molar-refractivity contribution is 0.228. The van der Waals surface area contributed by atoms with Crippen LogP contribution < -0.4 is 4.90 Å². The smallest absolute Gasteiger partial charge is 0.338 e. The maximum atomic E-state index is 12.7. The number of rotatable bonds is 2. The lowest BCUT2D eigenvalue weighted by Crippen LogP contribution is -2.48. The number of aromatic hydroxyl groups is 1. The van der Waals surface area contributed by atoms with Gasteiger partial charge in [0.15, 0.2) is 0 Å². The molecule has 0 spiro atoms. The van der Waals surface area contributed by atoms with Gasteiger partial charge in [0, 0.05) is 13.1 Å². The molecule has 0 radical (unpaired) electrons. The summed E-state index contributed by atoms with van der Waals surface area (Å²) in [5.41, 5.74) is 0.893. The van der Waals surface area contributed by atoms with Crippen molar-refractivity contribution in [3.63, 3.8) is 0 Å². The second-order valence-electron chi connectivity index (χ2n) is 4.99. The van der Waals surface area contributed by atoms with Crippen molar-refractivity contribution in [2.24, 2.45) is 0 Å². The van der Waals surface area contributed by atoms with Crippen LogP contribution in [-0.4, -0.2) is 30.9 Å². The van der Waals surface area contributed by atoms with Crippen LogP contribution in [0.4, 0.5) is 10.5 Å². The van der Waals surface area contributed by atoms with Crippen LogP contribution in [-0.2, 0) is 16.6 Å². The molecule has 2 aromatic carbocycles. The first-order valence-corrected chi connectivity index (χ1v) is 8.02. The summed E-state index contributed by atoms with van der Waals surface area (Å²) in [6, 6.07) is 12.1. The van der Waals surface area contributed by atoms with Crippen LogP contribution in [0.15, 0.2) is 53.4 Å². The third kappa shape index (κ3) is 2.19. The van der Waals surface area contributed by atoms with E-state index in [1.807, 2.05) is 6.07 Å². The fourth-order valence-corrected chi connectivity index (χ4v) is 3.96. The molecule has 3 rings (SSSR count). The van der Waals surface area contributed by atoms with Crippen LogP contribution in [0.25, 0.3) is 0 Å². The second-order valence-corrected chi connectivity index (χ2v) is 6.82. The SMILES string of the molecule is CN1C(=O)N(Cc2ccccc2)S(=O)(=O)c2ccc(O)cc21. The molecule has 7 heteroatoms. The monoisotopic (exact) mass is 318 g/mol. The van der Waals surface area contributed by atoms with Crippen molar-refractivity contribution in [1.29, 1.82) is 0 Å². The fourth-order valence-electron chi connectivity index (χ4n) is 2.38. The Labute approximate surface area is 128 Å². The van der Waals surface area contributed by atoms with E-state index in [9.17, 15) is 18.3 Å². The number of hydrogen-bond acceptors (Lipinski definition) is 4. The van der Waals surface area contributed by atoms with Crippen molar-refractivity contribution < 1.29 is 18.3 Å². The van der Waals surface area contributed by atoms with Crippen molar-refractivity contribution >= 4 is 21.7 Å². The van der Waals surface area contributed by atoms with Gasteiger partial charge in [0.25, 0.3) is 10.0 Å². The van der Waals surface area contributed by atoms with Gasteiger partial charge >= 0.3 is 6.03 Å². The van der Waals surface area contributed by atoms with Gasteiger partial charge in [-0.25, -0.2) is 17.5 Å². The first-order valence-electron chi connectivity index (χ1n) is 6.58. The Balaban J connectivity index is 2.10. The summed E-state index contributed by atoms with van der Waals surface area (Å²) in [6.07, 6.45) is 0. The van der Waals surface area contributed by atoms with Gasteiger partial charge in [-0.05, 0) is 17.7 Å². The van der Waals surface area contributed by atoms with E-state index in [1.54, 1.807) is 24.3 Å². The molecule has 0 aliphatic carbocycles. The van der Waals surface area contributed by atoms with E-state index in [1.165, 1.54) is 30.1 Å². The Hall–Kier alpha value is -2.54. The molecule has 1 aliphatic rings. The van der Waals surface area contributed by atoms with Crippen LogP contribution in [0, 0.1) is 0 Å². The molecule has 1 aliphatic heterocycles. The van der Waals surface area contributed by atoms with E-state index in [0.717, 1.165) is 9.87 Å². The number of fused-ring (bicyclic) bond motifs is 1. The molecule has 0 saturated heterocycles. The molecule has 1 heterocycles. The molecule has 2 amide bonds. The molecule has 0 fully saturated rings. The normalized spacial score (nSPS) is 16.5. The number of sulfonamides is 1. The Morgan fingerprint density at radius 3 is 2.45 bits per heavy atom. The van der Waals surface area contributed by atoms with E-state index in [0.29, 0.717) is 0 Å². The zero-order valence-electron chi connectivity index (χ0n) is 11.8. The summed E-state index contributed by atoms with van der Waals surface area (Å²) in [4.78, 5) is 13.6. The molecule has 2 aromatic rings. The van der Waals surface area contributed by atoms with Crippen molar-refractivity contribution in [3.05, 3.63) is 54.1 Å². The highest BCUT2D eigenvalue weighted by Crippen LogP contribution is 2.36. The van der Waals surface area contributed by atoms with Gasteiger partial charge in [-0.3, -0.25) is 4.90 Å². The summed E-state index contributed by atoms with van der Waals surface area (Å²) in [5.74, 6) is -0.0925. The van der Waals surface area contributed by atoms with E-state index >= 15 is 0 Å². The number of anilines is 1. The van der Waals surface area contributed by atoms with Crippen LogP contribution in [0.5, 0.6) is 5.75 Å². The maximum absolute atomic E-state index is 12.7. The maximum Gasteiger partial charge on any atom is 0.338 e. The van der Waals surface area contributed by atoms with Gasteiger partial charge in [-0.2, -0.15) is 0 Å². The average Bonchev–Trinajstić information content (AvgIpc) is 2.50. The van der Waals surface area contributed by atoms with Crippen LogP contribution >= 0.6 is 0 Å². The number of nitrogens with zero attached hydrogens (tertiary/aromatic N) is 2. The Bertz CT molecular complexity index is 834. The number of phenols is 1. The standard InChI is InChI=1S/C15H14N2O4S/c1-16-13-9-12(18)7-8-14(13)22(20,21)17(15(16)19)10-11-5-3-2-4-6-11/h2-9,18H,10H2,1H3. The minimum atomic E-state index is -3.95. The molecule has 0 aromatic heterocycles. The minimum Gasteiger partial charge on any atom is -0.508 e. The lowest BCUT2D eigenvalue weighted by Gasteiger charge is -2.34. The van der Waals surface area contributed by atoms with Crippen molar-refractivity contribution in [3.8, 4) is 5.75 Å². The van der Waals surface area contributed by atoms with Gasteiger partial charge in [0.1, 0.15) is 10.6 Å². The fraction of sp³-hybridized carbons (Fsp3) is 0.133. The van der Waals surface area contributed by atoms with Gasteiger partial charge < -0.3 is 5.11 Å². The van der Waals surface area contributed by atoms with Gasteiger partial charge in [-0.15, -0.1) is 0 Å². The van der Waals surface area contributed by atoms with Crippen molar-refractivity contribution in [2.45, 2.75) is 11.4 Å². The molecule has 0 saturated carbocycles.